The number of benzene rings is 1. The molecule has 32 heavy (non-hydrogen) atoms. The van der Waals surface area contributed by atoms with E-state index in [2.05, 4.69) is 10.3 Å². The topological polar surface area (TPSA) is 71.0 Å². The van der Waals surface area contributed by atoms with Crippen LogP contribution in [0.15, 0.2) is 73.1 Å². The molecule has 5 rings (SSSR count). The molecule has 0 spiro atoms. The molecule has 160 valence electrons. The number of nitrogens with zero attached hydrogens (tertiary/aromatic N) is 4. The Labute approximate surface area is 191 Å². The lowest BCUT2D eigenvalue weighted by Gasteiger charge is -2.16. The zero-order chi connectivity index (χ0) is 21.9. The first-order valence-electron chi connectivity index (χ1n) is 10.6. The second-order valence-corrected chi connectivity index (χ2v) is 9.16. The Morgan fingerprint density at radius 3 is 2.72 bits per heavy atom. The predicted molar refractivity (Wildman–Crippen MR) is 127 cm³/mol. The zero-order valence-electron chi connectivity index (χ0n) is 17.7. The van der Waals surface area contributed by atoms with Gasteiger partial charge in [0.05, 0.1) is 10.6 Å². The highest BCUT2D eigenvalue weighted by molar-refractivity contribution is 7.13. The van der Waals surface area contributed by atoms with E-state index in [0.717, 1.165) is 44.8 Å². The number of aryl methyl sites for hydroxylation is 1. The van der Waals surface area contributed by atoms with Crippen LogP contribution in [0.5, 0.6) is 0 Å². The normalized spacial score (nSPS) is 15.7. The molecule has 1 aliphatic rings. The van der Waals surface area contributed by atoms with E-state index in [-0.39, 0.29) is 11.8 Å². The van der Waals surface area contributed by atoms with E-state index < -0.39 is 0 Å². The van der Waals surface area contributed by atoms with Gasteiger partial charge in [-0.2, -0.15) is 0 Å². The molecule has 4 aromatic rings. The molecule has 1 aromatic carbocycles. The minimum absolute atomic E-state index is 0.0907. The van der Waals surface area contributed by atoms with Gasteiger partial charge in [0.25, 0.3) is 5.91 Å². The number of carbonyl (C=O) groups is 1. The van der Waals surface area contributed by atoms with Gasteiger partial charge < -0.3 is 10.2 Å². The summed E-state index contributed by atoms with van der Waals surface area (Å²) in [7, 11) is 0. The molecule has 1 atom stereocenters. The number of nitrogens with one attached hydrogen (secondary N) is 1. The molecule has 1 fully saturated rings. The summed E-state index contributed by atoms with van der Waals surface area (Å²) < 4.78 is 0. The summed E-state index contributed by atoms with van der Waals surface area (Å²) in [6.45, 7) is 3.35. The average molecular weight is 442 g/mol. The van der Waals surface area contributed by atoms with E-state index in [1.807, 2.05) is 78.7 Å². The fourth-order valence-electron chi connectivity index (χ4n) is 3.90. The van der Waals surface area contributed by atoms with E-state index in [1.54, 1.807) is 17.5 Å². The van der Waals surface area contributed by atoms with Gasteiger partial charge >= 0.3 is 0 Å². The maximum absolute atomic E-state index is 12.9. The number of likely N-dealkylation sites (tertiary alicyclic amines) is 1. The van der Waals surface area contributed by atoms with Gasteiger partial charge in [-0.1, -0.05) is 18.2 Å². The molecular formula is C25H23N5OS. The monoisotopic (exact) mass is 441 g/mol. The summed E-state index contributed by atoms with van der Waals surface area (Å²) in [5.41, 5.74) is 2.72. The lowest BCUT2D eigenvalue weighted by atomic mass is 10.1. The molecule has 0 saturated carbocycles. The average Bonchev–Trinajstić information content (AvgIpc) is 3.49. The van der Waals surface area contributed by atoms with Crippen molar-refractivity contribution in [1.29, 1.82) is 0 Å². The SMILES string of the molecule is Cc1ccc(C(=O)N2CC[C@@H](c3nc(Nc4ccccc4)cc(-c4cccnc4)n3)C2)s1. The summed E-state index contributed by atoms with van der Waals surface area (Å²) in [6.07, 6.45) is 4.40. The van der Waals surface area contributed by atoms with Crippen molar-refractivity contribution in [2.45, 2.75) is 19.3 Å². The summed E-state index contributed by atoms with van der Waals surface area (Å²) >= 11 is 1.54. The molecule has 6 nitrogen and oxygen atoms in total. The van der Waals surface area contributed by atoms with Crippen molar-refractivity contribution in [2.24, 2.45) is 0 Å². The molecular weight excluding hydrogens is 418 g/mol. The summed E-state index contributed by atoms with van der Waals surface area (Å²) in [6, 6.07) is 19.7. The van der Waals surface area contributed by atoms with Gasteiger partial charge in [-0.3, -0.25) is 9.78 Å². The molecule has 1 N–H and O–H groups in total. The van der Waals surface area contributed by atoms with Crippen LogP contribution in [-0.4, -0.2) is 38.8 Å². The molecule has 7 heteroatoms. The van der Waals surface area contributed by atoms with Crippen molar-refractivity contribution in [3.8, 4) is 11.3 Å². The summed E-state index contributed by atoms with van der Waals surface area (Å²) in [5.74, 6) is 1.67. The number of anilines is 2. The van der Waals surface area contributed by atoms with Crippen molar-refractivity contribution in [3.05, 3.63) is 88.6 Å². The first kappa shape index (κ1) is 20.3. The van der Waals surface area contributed by atoms with Crippen LogP contribution in [0.2, 0.25) is 0 Å². The van der Waals surface area contributed by atoms with Gasteiger partial charge in [-0.25, -0.2) is 9.97 Å². The number of pyridine rings is 1. The zero-order valence-corrected chi connectivity index (χ0v) is 18.5. The Bertz CT molecular complexity index is 1230. The second kappa shape index (κ2) is 8.88. The number of aromatic nitrogens is 3. The van der Waals surface area contributed by atoms with Crippen molar-refractivity contribution in [2.75, 3.05) is 18.4 Å². The predicted octanol–water partition coefficient (Wildman–Crippen LogP) is 5.28. The van der Waals surface area contributed by atoms with E-state index >= 15 is 0 Å². The Morgan fingerprint density at radius 1 is 1.09 bits per heavy atom. The van der Waals surface area contributed by atoms with Gasteiger partial charge in [0.2, 0.25) is 0 Å². The molecule has 1 amide bonds. The Morgan fingerprint density at radius 2 is 1.97 bits per heavy atom. The minimum Gasteiger partial charge on any atom is -0.340 e. The van der Waals surface area contributed by atoms with Crippen LogP contribution < -0.4 is 5.32 Å². The van der Waals surface area contributed by atoms with Crippen LogP contribution in [0.3, 0.4) is 0 Å². The summed E-state index contributed by atoms with van der Waals surface area (Å²) in [5, 5.41) is 3.39. The van der Waals surface area contributed by atoms with Crippen molar-refractivity contribution >= 4 is 28.7 Å². The molecule has 1 saturated heterocycles. The molecule has 1 aliphatic heterocycles. The second-order valence-electron chi connectivity index (χ2n) is 7.88. The quantitative estimate of drug-likeness (QED) is 0.456. The van der Waals surface area contributed by atoms with Gasteiger partial charge in [-0.15, -0.1) is 11.3 Å². The smallest absolute Gasteiger partial charge is 0.263 e. The molecule has 0 bridgehead atoms. The Hall–Kier alpha value is -3.58. The number of hydrogen-bond acceptors (Lipinski definition) is 6. The van der Waals surface area contributed by atoms with Crippen LogP contribution >= 0.6 is 11.3 Å². The maximum Gasteiger partial charge on any atom is 0.263 e. The lowest BCUT2D eigenvalue weighted by molar-refractivity contribution is 0.0795. The highest BCUT2D eigenvalue weighted by atomic mass is 32.1. The van der Waals surface area contributed by atoms with Crippen molar-refractivity contribution < 1.29 is 4.79 Å². The third kappa shape index (κ3) is 4.38. The number of rotatable bonds is 5. The van der Waals surface area contributed by atoms with E-state index in [4.69, 9.17) is 9.97 Å². The standard InChI is InChI=1S/C25H23N5OS/c1-17-9-10-22(32-17)25(31)30-13-11-19(16-30)24-28-21(18-6-5-12-26-15-18)14-23(29-24)27-20-7-3-2-4-8-20/h2-10,12,14-15,19H,11,13,16H2,1H3,(H,27,28,29)/t19-/m1/s1. The lowest BCUT2D eigenvalue weighted by Crippen LogP contribution is -2.28. The molecule has 3 aromatic heterocycles. The third-order valence-electron chi connectivity index (χ3n) is 5.54. The van der Waals surface area contributed by atoms with Crippen LogP contribution in [0.25, 0.3) is 11.3 Å². The first-order chi connectivity index (χ1) is 15.7. The number of para-hydroxylation sites is 1. The van der Waals surface area contributed by atoms with Gasteiger partial charge in [0.1, 0.15) is 11.6 Å². The van der Waals surface area contributed by atoms with Crippen LogP contribution in [0.4, 0.5) is 11.5 Å². The number of amides is 1. The minimum atomic E-state index is 0.0907. The van der Waals surface area contributed by atoms with E-state index in [0.29, 0.717) is 13.1 Å². The molecule has 0 aliphatic carbocycles. The van der Waals surface area contributed by atoms with Gasteiger partial charge in [-0.05, 0) is 49.7 Å². The fourth-order valence-corrected chi connectivity index (χ4v) is 4.74. The van der Waals surface area contributed by atoms with Gasteiger partial charge in [0.15, 0.2) is 0 Å². The number of thiophene rings is 1. The molecule has 0 unspecified atom stereocenters. The van der Waals surface area contributed by atoms with Crippen molar-refractivity contribution in [3.63, 3.8) is 0 Å². The van der Waals surface area contributed by atoms with Crippen LogP contribution in [-0.2, 0) is 0 Å². The first-order valence-corrected chi connectivity index (χ1v) is 11.4. The van der Waals surface area contributed by atoms with E-state index in [9.17, 15) is 4.79 Å². The van der Waals surface area contributed by atoms with Crippen LogP contribution in [0, 0.1) is 6.92 Å². The van der Waals surface area contributed by atoms with Gasteiger partial charge in [0, 0.05) is 53.6 Å². The fraction of sp³-hybridized carbons (Fsp3) is 0.200. The van der Waals surface area contributed by atoms with Crippen LogP contribution in [0.1, 0.15) is 32.7 Å². The molecule has 4 heterocycles. The third-order valence-corrected chi connectivity index (χ3v) is 6.53. The highest BCUT2D eigenvalue weighted by Gasteiger charge is 2.30. The largest absolute Gasteiger partial charge is 0.340 e. The maximum atomic E-state index is 12.9. The number of hydrogen-bond donors (Lipinski definition) is 1. The Balaban J connectivity index is 1.43. The number of carbonyl (C=O) groups excluding carboxylic acids is 1. The van der Waals surface area contributed by atoms with Crippen molar-refractivity contribution in [1.82, 2.24) is 19.9 Å². The highest BCUT2D eigenvalue weighted by Crippen LogP contribution is 2.30. The summed E-state index contributed by atoms with van der Waals surface area (Å²) in [4.78, 5) is 30.7. The molecule has 0 radical (unpaired) electrons. The van der Waals surface area contributed by atoms with E-state index in [1.165, 1.54) is 0 Å². The Kier molecular flexibility index (Phi) is 5.64.